The molecule has 1 aliphatic carbocycles. The number of aliphatic carboxylic acids is 1. The van der Waals surface area contributed by atoms with Crippen LogP contribution in [0.3, 0.4) is 0 Å². The molecule has 1 rings (SSSR count). The third-order valence-electron chi connectivity index (χ3n) is 3.23. The smallest absolute Gasteiger partial charge is 0.303 e. The maximum absolute atomic E-state index is 10.3. The van der Waals surface area contributed by atoms with Crippen LogP contribution in [0.5, 0.6) is 0 Å². The molecule has 0 aromatic heterocycles. The average Bonchev–Trinajstić information content (AvgIpc) is 2.24. The predicted molar refractivity (Wildman–Crippen MR) is 58.9 cm³/mol. The van der Waals surface area contributed by atoms with E-state index in [4.69, 9.17) is 9.84 Å². The van der Waals surface area contributed by atoms with Gasteiger partial charge < -0.3 is 9.84 Å². The first kappa shape index (κ1) is 12.5. The lowest BCUT2D eigenvalue weighted by atomic mass is 9.85. The van der Waals surface area contributed by atoms with Crippen molar-refractivity contribution in [2.45, 2.75) is 58.0 Å². The largest absolute Gasteiger partial charge is 0.481 e. The number of ether oxygens (including phenoxy) is 1. The van der Waals surface area contributed by atoms with Gasteiger partial charge in [0.05, 0.1) is 6.10 Å². The standard InChI is InChI=1S/C12H22O3/c1-2-10-6-3-4-7-11(10)15-9-5-8-12(13)14/h10-11H,2-9H2,1H3,(H,13,14). The molecule has 88 valence electrons. The first-order valence-electron chi connectivity index (χ1n) is 6.07. The number of hydrogen-bond donors (Lipinski definition) is 1. The minimum atomic E-state index is -0.728. The first-order valence-corrected chi connectivity index (χ1v) is 6.07. The van der Waals surface area contributed by atoms with Crippen LogP contribution in [0.15, 0.2) is 0 Å². The van der Waals surface area contributed by atoms with E-state index in [1.54, 1.807) is 0 Å². The lowest BCUT2D eigenvalue weighted by Gasteiger charge is -2.30. The molecule has 0 spiro atoms. The summed E-state index contributed by atoms with van der Waals surface area (Å²) in [5.74, 6) is -0.0298. The summed E-state index contributed by atoms with van der Waals surface area (Å²) in [6.07, 6.45) is 7.46. The molecule has 1 N–H and O–H groups in total. The second-order valence-corrected chi connectivity index (χ2v) is 4.36. The Kier molecular flexibility index (Phi) is 5.69. The SMILES string of the molecule is CCC1CCCCC1OCCCC(=O)O. The van der Waals surface area contributed by atoms with E-state index >= 15 is 0 Å². The van der Waals surface area contributed by atoms with Crippen LogP contribution < -0.4 is 0 Å². The third-order valence-corrected chi connectivity index (χ3v) is 3.23. The van der Waals surface area contributed by atoms with Gasteiger partial charge in [-0.15, -0.1) is 0 Å². The molecule has 1 aliphatic rings. The molecule has 0 amide bonds. The van der Waals surface area contributed by atoms with E-state index in [1.165, 1.54) is 25.7 Å². The maximum atomic E-state index is 10.3. The predicted octanol–water partition coefficient (Wildman–Crippen LogP) is 2.84. The van der Waals surface area contributed by atoms with Crippen molar-refractivity contribution >= 4 is 5.97 Å². The summed E-state index contributed by atoms with van der Waals surface area (Å²) in [4.78, 5) is 10.3. The Morgan fingerprint density at radius 2 is 2.13 bits per heavy atom. The van der Waals surface area contributed by atoms with Crippen molar-refractivity contribution < 1.29 is 14.6 Å². The van der Waals surface area contributed by atoms with Crippen LogP contribution in [-0.4, -0.2) is 23.8 Å². The summed E-state index contributed by atoms with van der Waals surface area (Å²) < 4.78 is 5.77. The molecule has 1 fully saturated rings. The number of hydrogen-bond acceptors (Lipinski definition) is 2. The van der Waals surface area contributed by atoms with Crippen LogP contribution in [-0.2, 0) is 9.53 Å². The minimum absolute atomic E-state index is 0.226. The molecule has 2 atom stereocenters. The third kappa shape index (κ3) is 4.65. The van der Waals surface area contributed by atoms with Crippen LogP contribution in [0.4, 0.5) is 0 Å². The highest BCUT2D eigenvalue weighted by molar-refractivity contribution is 5.66. The van der Waals surface area contributed by atoms with Crippen LogP contribution >= 0.6 is 0 Å². The lowest BCUT2D eigenvalue weighted by Crippen LogP contribution is -2.27. The molecule has 2 unspecified atom stereocenters. The van der Waals surface area contributed by atoms with E-state index in [-0.39, 0.29) is 6.42 Å². The Hall–Kier alpha value is -0.570. The van der Waals surface area contributed by atoms with Crippen LogP contribution in [0, 0.1) is 5.92 Å². The fourth-order valence-electron chi connectivity index (χ4n) is 2.32. The average molecular weight is 214 g/mol. The fraction of sp³-hybridized carbons (Fsp3) is 0.917. The summed E-state index contributed by atoms with van der Waals surface area (Å²) in [5.41, 5.74) is 0. The first-order chi connectivity index (χ1) is 7.24. The monoisotopic (exact) mass is 214 g/mol. The summed E-state index contributed by atoms with van der Waals surface area (Å²) in [6, 6.07) is 0. The molecule has 3 nitrogen and oxygen atoms in total. The van der Waals surface area contributed by atoms with E-state index in [2.05, 4.69) is 6.92 Å². The second-order valence-electron chi connectivity index (χ2n) is 4.36. The molecule has 0 aromatic rings. The van der Waals surface area contributed by atoms with Crippen molar-refractivity contribution in [3.63, 3.8) is 0 Å². The Labute approximate surface area is 91.8 Å². The van der Waals surface area contributed by atoms with E-state index in [9.17, 15) is 4.79 Å². The molecule has 1 saturated carbocycles. The zero-order valence-electron chi connectivity index (χ0n) is 9.58. The summed E-state index contributed by atoms with van der Waals surface area (Å²) >= 11 is 0. The van der Waals surface area contributed by atoms with Crippen LogP contribution in [0.1, 0.15) is 51.9 Å². The molecule has 0 aliphatic heterocycles. The van der Waals surface area contributed by atoms with Crippen molar-refractivity contribution in [2.75, 3.05) is 6.61 Å². The maximum Gasteiger partial charge on any atom is 0.303 e. The normalized spacial score (nSPS) is 26.5. The summed E-state index contributed by atoms with van der Waals surface area (Å²) in [5, 5.41) is 8.49. The highest BCUT2D eigenvalue weighted by atomic mass is 16.5. The number of rotatable bonds is 6. The molecule has 0 aromatic carbocycles. The van der Waals surface area contributed by atoms with Gasteiger partial charge in [0.25, 0.3) is 0 Å². The Morgan fingerprint density at radius 3 is 2.80 bits per heavy atom. The van der Waals surface area contributed by atoms with Gasteiger partial charge >= 0.3 is 5.97 Å². The quantitative estimate of drug-likeness (QED) is 0.691. The van der Waals surface area contributed by atoms with E-state index < -0.39 is 5.97 Å². The molecular weight excluding hydrogens is 192 g/mol. The molecule has 0 heterocycles. The highest BCUT2D eigenvalue weighted by Gasteiger charge is 2.23. The summed E-state index contributed by atoms with van der Waals surface area (Å²) in [7, 11) is 0. The van der Waals surface area contributed by atoms with Gasteiger partial charge in [-0.2, -0.15) is 0 Å². The molecule has 0 bridgehead atoms. The van der Waals surface area contributed by atoms with E-state index in [0.29, 0.717) is 25.0 Å². The topological polar surface area (TPSA) is 46.5 Å². The molecule has 0 radical (unpaired) electrons. The Balaban J connectivity index is 2.15. The number of carbonyl (C=O) groups is 1. The van der Waals surface area contributed by atoms with Crippen LogP contribution in [0.25, 0.3) is 0 Å². The van der Waals surface area contributed by atoms with E-state index in [1.807, 2.05) is 0 Å². The Bertz CT molecular complexity index is 191. The van der Waals surface area contributed by atoms with Crippen molar-refractivity contribution in [3.8, 4) is 0 Å². The van der Waals surface area contributed by atoms with Crippen molar-refractivity contribution in [1.29, 1.82) is 0 Å². The fourth-order valence-corrected chi connectivity index (χ4v) is 2.32. The second kappa shape index (κ2) is 6.83. The van der Waals surface area contributed by atoms with Gasteiger partial charge in [0, 0.05) is 13.0 Å². The zero-order chi connectivity index (χ0) is 11.1. The van der Waals surface area contributed by atoms with Gasteiger partial charge in [-0.1, -0.05) is 26.2 Å². The molecule has 0 saturated heterocycles. The van der Waals surface area contributed by atoms with Crippen LogP contribution in [0.2, 0.25) is 0 Å². The number of carboxylic acids is 1. The van der Waals surface area contributed by atoms with Gasteiger partial charge in [-0.3, -0.25) is 4.79 Å². The summed E-state index contributed by atoms with van der Waals surface area (Å²) in [6.45, 7) is 2.82. The zero-order valence-corrected chi connectivity index (χ0v) is 9.58. The van der Waals surface area contributed by atoms with Crippen molar-refractivity contribution in [3.05, 3.63) is 0 Å². The van der Waals surface area contributed by atoms with Gasteiger partial charge in [0.1, 0.15) is 0 Å². The molecule has 15 heavy (non-hydrogen) atoms. The number of carboxylic acid groups (broad SMARTS) is 1. The van der Waals surface area contributed by atoms with Gasteiger partial charge in [0.2, 0.25) is 0 Å². The molecular formula is C12H22O3. The van der Waals surface area contributed by atoms with E-state index in [0.717, 1.165) is 6.42 Å². The van der Waals surface area contributed by atoms with Crippen molar-refractivity contribution in [1.82, 2.24) is 0 Å². The molecule has 3 heteroatoms. The minimum Gasteiger partial charge on any atom is -0.481 e. The van der Waals surface area contributed by atoms with Gasteiger partial charge in [-0.25, -0.2) is 0 Å². The van der Waals surface area contributed by atoms with Crippen molar-refractivity contribution in [2.24, 2.45) is 5.92 Å². The van der Waals surface area contributed by atoms with Gasteiger partial charge in [0.15, 0.2) is 0 Å². The lowest BCUT2D eigenvalue weighted by molar-refractivity contribution is -0.137. The highest BCUT2D eigenvalue weighted by Crippen LogP contribution is 2.29. The van der Waals surface area contributed by atoms with Gasteiger partial charge in [-0.05, 0) is 25.2 Å². The Morgan fingerprint density at radius 1 is 1.40 bits per heavy atom.